The van der Waals surface area contributed by atoms with Crippen LogP contribution < -0.4 is 16.2 Å². The van der Waals surface area contributed by atoms with Gasteiger partial charge in [-0.3, -0.25) is 14.6 Å². The molecule has 0 bridgehead atoms. The molecule has 0 unspecified atom stereocenters. The second-order valence-corrected chi connectivity index (χ2v) is 9.76. The van der Waals surface area contributed by atoms with Crippen molar-refractivity contribution in [2.24, 2.45) is 0 Å². The third-order valence-corrected chi connectivity index (χ3v) is 6.19. The zero-order valence-electron chi connectivity index (χ0n) is 22.9. The SMILES string of the molecule is CN(C)Cc1ccc(Nc2ncc3cc(C=CCNC(=O)c4cccn(Cc5cccnc5)c4=O)cnc3n2)cc1. The minimum atomic E-state index is -0.433. The number of nitrogens with zero attached hydrogens (tertiary/aromatic N) is 6. The van der Waals surface area contributed by atoms with Crippen LogP contribution >= 0.6 is 0 Å². The minimum absolute atomic E-state index is 0.0863. The molecule has 0 fully saturated rings. The van der Waals surface area contributed by atoms with Gasteiger partial charge in [0.2, 0.25) is 5.95 Å². The first-order valence-corrected chi connectivity index (χ1v) is 13.1. The Hall–Kier alpha value is -5.22. The average molecular weight is 547 g/mol. The number of pyridine rings is 3. The highest BCUT2D eigenvalue weighted by Crippen LogP contribution is 2.18. The quantitative estimate of drug-likeness (QED) is 0.271. The van der Waals surface area contributed by atoms with Crippen LogP contribution in [-0.4, -0.2) is 56.0 Å². The molecule has 1 amide bonds. The molecule has 0 aliphatic rings. The molecule has 1 aromatic carbocycles. The van der Waals surface area contributed by atoms with Crippen LogP contribution in [0.15, 0.2) is 96.5 Å². The predicted octanol–water partition coefficient (Wildman–Crippen LogP) is 3.88. The number of nitrogens with one attached hydrogen (secondary N) is 2. The van der Waals surface area contributed by atoms with E-state index in [-0.39, 0.29) is 17.7 Å². The van der Waals surface area contributed by atoms with E-state index in [1.807, 2.05) is 50.5 Å². The van der Waals surface area contributed by atoms with E-state index in [9.17, 15) is 9.59 Å². The monoisotopic (exact) mass is 546 g/mol. The van der Waals surface area contributed by atoms with Crippen molar-refractivity contribution in [2.45, 2.75) is 13.1 Å². The van der Waals surface area contributed by atoms with Gasteiger partial charge in [-0.1, -0.05) is 30.4 Å². The van der Waals surface area contributed by atoms with Crippen molar-refractivity contribution in [1.82, 2.24) is 34.7 Å². The van der Waals surface area contributed by atoms with Crippen molar-refractivity contribution >= 4 is 34.7 Å². The Morgan fingerprint density at radius 2 is 1.85 bits per heavy atom. The summed E-state index contributed by atoms with van der Waals surface area (Å²) in [7, 11) is 4.08. The number of aromatic nitrogens is 5. The summed E-state index contributed by atoms with van der Waals surface area (Å²) in [4.78, 5) is 45.1. The summed E-state index contributed by atoms with van der Waals surface area (Å²) < 4.78 is 1.49. The highest BCUT2D eigenvalue weighted by Gasteiger charge is 2.11. The van der Waals surface area contributed by atoms with Crippen molar-refractivity contribution in [3.63, 3.8) is 0 Å². The number of fused-ring (bicyclic) bond motifs is 1. The largest absolute Gasteiger partial charge is 0.348 e. The standard InChI is InChI=1S/C31H30N8O2/c1-38(2)20-22-9-11-26(12-10-22)36-31-35-19-25-16-23(18-34-28(25)37-31)6-4-14-33-29(40)27-8-5-15-39(30(27)41)21-24-7-3-13-32-17-24/h3-13,15-19H,14,20-21H2,1-2H3,(H,33,40)(H,34,35,36,37). The molecule has 0 saturated heterocycles. The molecule has 10 nitrogen and oxygen atoms in total. The smallest absolute Gasteiger partial charge is 0.263 e. The molecular formula is C31H30N8O2. The lowest BCUT2D eigenvalue weighted by Gasteiger charge is -2.10. The third kappa shape index (κ3) is 7.25. The molecule has 0 spiro atoms. The Morgan fingerprint density at radius 1 is 1.00 bits per heavy atom. The van der Waals surface area contributed by atoms with Crippen LogP contribution in [0.25, 0.3) is 17.1 Å². The van der Waals surface area contributed by atoms with Gasteiger partial charge in [0.15, 0.2) is 5.65 Å². The number of rotatable bonds is 10. The third-order valence-electron chi connectivity index (χ3n) is 6.19. The Morgan fingerprint density at radius 3 is 2.63 bits per heavy atom. The molecule has 4 heterocycles. The Labute approximate surface area is 237 Å². The Kier molecular flexibility index (Phi) is 8.51. The van der Waals surface area contributed by atoms with Crippen LogP contribution in [0.2, 0.25) is 0 Å². The molecule has 0 saturated carbocycles. The van der Waals surface area contributed by atoms with Crippen molar-refractivity contribution in [3.05, 3.63) is 124 Å². The summed E-state index contributed by atoms with van der Waals surface area (Å²) in [6.45, 7) is 1.47. The molecular weight excluding hydrogens is 516 g/mol. The number of amides is 1. The van der Waals surface area contributed by atoms with Crippen molar-refractivity contribution in [1.29, 1.82) is 0 Å². The second kappa shape index (κ2) is 12.8. The zero-order chi connectivity index (χ0) is 28.6. The molecule has 41 heavy (non-hydrogen) atoms. The molecule has 10 heteroatoms. The second-order valence-electron chi connectivity index (χ2n) is 9.76. The van der Waals surface area contributed by atoms with E-state index in [4.69, 9.17) is 0 Å². The van der Waals surface area contributed by atoms with E-state index in [1.54, 1.807) is 43.1 Å². The predicted molar refractivity (Wildman–Crippen MR) is 160 cm³/mol. The molecule has 5 rings (SSSR count). The van der Waals surface area contributed by atoms with Gasteiger partial charge < -0.3 is 20.1 Å². The summed E-state index contributed by atoms with van der Waals surface area (Å²) in [6, 6.07) is 17.0. The van der Waals surface area contributed by atoms with E-state index in [0.717, 1.165) is 28.7 Å². The number of anilines is 2. The molecule has 4 aromatic heterocycles. The summed E-state index contributed by atoms with van der Waals surface area (Å²) >= 11 is 0. The molecule has 0 aliphatic carbocycles. The number of carbonyl (C=O) groups excluding carboxylic acids is 1. The van der Waals surface area contributed by atoms with Gasteiger partial charge in [0.25, 0.3) is 11.5 Å². The molecule has 0 radical (unpaired) electrons. The first-order valence-electron chi connectivity index (χ1n) is 13.1. The number of benzene rings is 1. The Balaban J connectivity index is 1.17. The van der Waals surface area contributed by atoms with Gasteiger partial charge in [-0.25, -0.2) is 9.97 Å². The fourth-order valence-electron chi connectivity index (χ4n) is 4.24. The molecule has 0 aliphatic heterocycles. The lowest BCUT2D eigenvalue weighted by atomic mass is 10.2. The Bertz CT molecular complexity index is 1730. The van der Waals surface area contributed by atoms with Crippen molar-refractivity contribution in [3.8, 4) is 0 Å². The van der Waals surface area contributed by atoms with Crippen LogP contribution in [-0.2, 0) is 13.1 Å². The number of hydrogen-bond acceptors (Lipinski definition) is 8. The first kappa shape index (κ1) is 27.4. The highest BCUT2D eigenvalue weighted by molar-refractivity contribution is 5.93. The normalized spacial score (nSPS) is 11.3. The van der Waals surface area contributed by atoms with Crippen LogP contribution in [0, 0.1) is 0 Å². The summed E-state index contributed by atoms with van der Waals surface area (Å²) in [5.74, 6) is 0.0365. The van der Waals surface area contributed by atoms with Gasteiger partial charge in [-0.2, -0.15) is 4.98 Å². The van der Waals surface area contributed by atoms with Gasteiger partial charge in [0.05, 0.1) is 6.54 Å². The molecule has 5 aromatic rings. The maximum absolute atomic E-state index is 12.8. The minimum Gasteiger partial charge on any atom is -0.348 e. The number of carbonyl (C=O) groups is 1. The molecule has 206 valence electrons. The van der Waals surface area contributed by atoms with Gasteiger partial charge >= 0.3 is 0 Å². The van der Waals surface area contributed by atoms with Crippen molar-refractivity contribution in [2.75, 3.05) is 26.0 Å². The molecule has 2 N–H and O–H groups in total. The van der Waals surface area contributed by atoms with Crippen LogP contribution in [0.1, 0.15) is 27.0 Å². The van der Waals surface area contributed by atoms with E-state index < -0.39 is 5.91 Å². The van der Waals surface area contributed by atoms with E-state index in [0.29, 0.717) is 18.1 Å². The highest BCUT2D eigenvalue weighted by atomic mass is 16.2. The maximum atomic E-state index is 12.8. The fraction of sp³-hybridized carbons (Fsp3) is 0.161. The van der Waals surface area contributed by atoms with Crippen LogP contribution in [0.5, 0.6) is 0 Å². The fourth-order valence-corrected chi connectivity index (χ4v) is 4.24. The zero-order valence-corrected chi connectivity index (χ0v) is 22.9. The summed E-state index contributed by atoms with van der Waals surface area (Å²) in [5, 5.41) is 6.79. The van der Waals surface area contributed by atoms with Gasteiger partial charge in [0.1, 0.15) is 5.56 Å². The van der Waals surface area contributed by atoms with Gasteiger partial charge in [0, 0.05) is 55.1 Å². The molecule has 0 atom stereocenters. The maximum Gasteiger partial charge on any atom is 0.263 e. The van der Waals surface area contributed by atoms with Gasteiger partial charge in [-0.05, 0) is 67.2 Å². The average Bonchev–Trinajstić information content (AvgIpc) is 2.97. The number of hydrogen-bond donors (Lipinski definition) is 2. The summed E-state index contributed by atoms with van der Waals surface area (Å²) in [6.07, 6.45) is 12.1. The van der Waals surface area contributed by atoms with Crippen LogP contribution in [0.3, 0.4) is 0 Å². The topological polar surface area (TPSA) is 118 Å². The van der Waals surface area contributed by atoms with E-state index in [1.165, 1.54) is 16.2 Å². The van der Waals surface area contributed by atoms with E-state index in [2.05, 4.69) is 47.6 Å². The lowest BCUT2D eigenvalue weighted by molar-refractivity contribution is 0.0956. The van der Waals surface area contributed by atoms with Crippen molar-refractivity contribution < 1.29 is 4.79 Å². The van der Waals surface area contributed by atoms with E-state index >= 15 is 0 Å². The van der Waals surface area contributed by atoms with Gasteiger partial charge in [-0.15, -0.1) is 0 Å². The first-order chi connectivity index (χ1) is 19.9. The summed E-state index contributed by atoms with van der Waals surface area (Å²) in [5.41, 5.74) is 4.14. The van der Waals surface area contributed by atoms with Crippen LogP contribution in [0.4, 0.5) is 11.6 Å². The lowest BCUT2D eigenvalue weighted by Crippen LogP contribution is -2.33.